The second kappa shape index (κ2) is 16.4. The first kappa shape index (κ1) is 30.7. The Labute approximate surface area is 232 Å². The second-order valence-electron chi connectivity index (χ2n) is 8.27. The van der Waals surface area contributed by atoms with Crippen molar-refractivity contribution in [2.24, 2.45) is 0 Å². The minimum absolute atomic E-state index is 0.144. The molecule has 2 aromatic carbocycles. The second-order valence-corrected chi connectivity index (χ2v) is 11.0. The van der Waals surface area contributed by atoms with Crippen LogP contribution in [0.15, 0.2) is 84.2 Å². The number of anilines is 2. The van der Waals surface area contributed by atoms with Crippen LogP contribution in [-0.4, -0.2) is 58.0 Å². The van der Waals surface area contributed by atoms with Gasteiger partial charge < -0.3 is 20.4 Å². The molecular weight excluding hydrogens is 520 g/mol. The van der Waals surface area contributed by atoms with E-state index in [0.29, 0.717) is 47.4 Å². The van der Waals surface area contributed by atoms with E-state index >= 15 is 0 Å². The molecule has 0 spiro atoms. The van der Waals surface area contributed by atoms with Crippen molar-refractivity contribution in [2.45, 2.75) is 27.7 Å². The smallest absolute Gasteiger partial charge is 0.250 e. The van der Waals surface area contributed by atoms with Crippen molar-refractivity contribution >= 4 is 56.6 Å². The Balaban J connectivity index is 1.79. The lowest BCUT2D eigenvalue weighted by Gasteiger charge is -2.22. The molecule has 0 fully saturated rings. The molecule has 0 aliphatic rings. The summed E-state index contributed by atoms with van der Waals surface area (Å²) >= 11 is 0. The maximum Gasteiger partial charge on any atom is 0.250 e. The SMILES string of the molecule is CC(=O)N(CCSSCCN(C(C)=O)/C(C)=C/C(=O)Nc1ccccc1)/C(C)=C/C(=O)Nc1ccccc1. The van der Waals surface area contributed by atoms with Gasteiger partial charge in [0.05, 0.1) is 0 Å². The Kier molecular flexibility index (Phi) is 13.2. The van der Waals surface area contributed by atoms with E-state index in [1.807, 2.05) is 36.4 Å². The minimum atomic E-state index is -0.299. The normalized spacial score (nSPS) is 11.5. The summed E-state index contributed by atoms with van der Waals surface area (Å²) in [7, 11) is 3.15. The third kappa shape index (κ3) is 11.3. The molecule has 0 aromatic heterocycles. The third-order valence-corrected chi connectivity index (χ3v) is 7.62. The van der Waals surface area contributed by atoms with Gasteiger partial charge in [-0.15, -0.1) is 0 Å². The molecule has 0 aliphatic carbocycles. The van der Waals surface area contributed by atoms with Crippen molar-refractivity contribution < 1.29 is 19.2 Å². The number of nitrogens with one attached hydrogen (secondary N) is 2. The van der Waals surface area contributed by atoms with Crippen LogP contribution in [0, 0.1) is 0 Å². The number of nitrogens with zero attached hydrogens (tertiary/aromatic N) is 2. The van der Waals surface area contributed by atoms with Crippen molar-refractivity contribution in [1.82, 2.24) is 9.80 Å². The van der Waals surface area contributed by atoms with Gasteiger partial charge in [-0.2, -0.15) is 0 Å². The lowest BCUT2D eigenvalue weighted by atomic mass is 10.3. The monoisotopic (exact) mass is 554 g/mol. The number of benzene rings is 2. The highest BCUT2D eigenvalue weighted by molar-refractivity contribution is 8.76. The van der Waals surface area contributed by atoms with Crippen LogP contribution in [0.25, 0.3) is 0 Å². The molecule has 0 aliphatic heterocycles. The van der Waals surface area contributed by atoms with E-state index in [2.05, 4.69) is 10.6 Å². The summed E-state index contributed by atoms with van der Waals surface area (Å²) in [5.41, 5.74) is 2.50. The highest BCUT2D eigenvalue weighted by Crippen LogP contribution is 2.22. The molecular formula is C28H34N4O4S2. The number of hydrogen-bond acceptors (Lipinski definition) is 6. The van der Waals surface area contributed by atoms with Gasteiger partial charge in [0.25, 0.3) is 0 Å². The molecule has 0 radical (unpaired) electrons. The molecule has 10 heteroatoms. The largest absolute Gasteiger partial charge is 0.322 e. The van der Waals surface area contributed by atoms with Crippen LogP contribution in [0.5, 0.6) is 0 Å². The number of hydrogen-bond donors (Lipinski definition) is 2. The highest BCUT2D eigenvalue weighted by Gasteiger charge is 2.14. The fourth-order valence-corrected chi connectivity index (χ4v) is 5.38. The van der Waals surface area contributed by atoms with Crippen molar-refractivity contribution in [3.05, 3.63) is 84.2 Å². The number of amides is 4. The first-order valence-corrected chi connectivity index (χ1v) is 14.6. The van der Waals surface area contributed by atoms with Gasteiger partial charge in [-0.3, -0.25) is 19.2 Å². The molecule has 0 saturated carbocycles. The molecule has 0 atom stereocenters. The van der Waals surface area contributed by atoms with Crippen molar-refractivity contribution in [2.75, 3.05) is 35.2 Å². The Hall–Kier alpha value is -3.50. The van der Waals surface area contributed by atoms with Crippen LogP contribution in [-0.2, 0) is 19.2 Å². The molecule has 2 N–H and O–H groups in total. The molecule has 2 aromatic rings. The number of rotatable bonds is 13. The summed E-state index contributed by atoms with van der Waals surface area (Å²) < 4.78 is 0. The number of carbonyl (C=O) groups is 4. The van der Waals surface area contributed by atoms with E-state index in [0.717, 1.165) is 0 Å². The van der Waals surface area contributed by atoms with Gasteiger partial charge in [0.2, 0.25) is 23.6 Å². The fraction of sp³-hybridized carbons (Fsp3) is 0.286. The van der Waals surface area contributed by atoms with E-state index in [1.54, 1.807) is 69.5 Å². The maximum atomic E-state index is 12.3. The molecule has 202 valence electrons. The van der Waals surface area contributed by atoms with Crippen molar-refractivity contribution in [1.29, 1.82) is 0 Å². The Morgan fingerprint density at radius 2 is 0.974 bits per heavy atom. The summed E-state index contributed by atoms with van der Waals surface area (Å²) in [4.78, 5) is 52.0. The zero-order chi connectivity index (χ0) is 27.9. The van der Waals surface area contributed by atoms with Crippen LogP contribution in [0.4, 0.5) is 11.4 Å². The molecule has 38 heavy (non-hydrogen) atoms. The predicted octanol–water partition coefficient (Wildman–Crippen LogP) is 5.15. The van der Waals surface area contributed by atoms with Gasteiger partial charge in [0, 0.05) is 73.4 Å². The summed E-state index contributed by atoms with van der Waals surface area (Å²) in [6, 6.07) is 18.2. The standard InChI is InChI=1S/C28H34N4O4S2/c1-21(19-27(35)29-25-11-7-5-8-12-25)31(23(3)33)15-17-37-38-18-16-32(24(4)34)22(2)20-28(36)30-26-13-9-6-10-14-26/h5-14,19-20H,15-18H2,1-4H3,(H,29,35)(H,30,36)/b21-19+,22-20+. The average molecular weight is 555 g/mol. The Bertz CT molecular complexity index is 1060. The van der Waals surface area contributed by atoms with Crippen LogP contribution in [0.3, 0.4) is 0 Å². The van der Waals surface area contributed by atoms with Crippen molar-refractivity contribution in [3.63, 3.8) is 0 Å². The predicted molar refractivity (Wildman–Crippen MR) is 157 cm³/mol. The molecule has 0 saturated heterocycles. The highest BCUT2D eigenvalue weighted by atomic mass is 33.1. The average Bonchev–Trinajstić information content (AvgIpc) is 2.86. The van der Waals surface area contributed by atoms with Crippen LogP contribution in [0.2, 0.25) is 0 Å². The van der Waals surface area contributed by atoms with Crippen LogP contribution < -0.4 is 10.6 Å². The fourth-order valence-electron chi connectivity index (χ4n) is 3.47. The number of allylic oxidation sites excluding steroid dienone is 2. The van der Waals surface area contributed by atoms with E-state index in [1.165, 1.54) is 26.0 Å². The van der Waals surface area contributed by atoms with E-state index in [9.17, 15) is 19.2 Å². The first-order chi connectivity index (χ1) is 18.2. The van der Waals surface area contributed by atoms with E-state index < -0.39 is 0 Å². The van der Waals surface area contributed by atoms with Gasteiger partial charge in [0.15, 0.2) is 0 Å². The first-order valence-electron chi connectivity index (χ1n) is 12.1. The van der Waals surface area contributed by atoms with Gasteiger partial charge in [-0.25, -0.2) is 0 Å². The number of carbonyl (C=O) groups excluding carboxylic acids is 4. The third-order valence-electron chi connectivity index (χ3n) is 5.25. The van der Waals surface area contributed by atoms with Gasteiger partial charge in [0.1, 0.15) is 0 Å². The topological polar surface area (TPSA) is 98.8 Å². The maximum absolute atomic E-state index is 12.3. The number of para-hydroxylation sites is 2. The lowest BCUT2D eigenvalue weighted by molar-refractivity contribution is -0.127. The molecule has 4 amide bonds. The van der Waals surface area contributed by atoms with Gasteiger partial charge in [-0.05, 0) is 38.1 Å². The zero-order valence-electron chi connectivity index (χ0n) is 22.1. The van der Waals surface area contributed by atoms with Crippen LogP contribution >= 0.6 is 21.6 Å². The molecule has 8 nitrogen and oxygen atoms in total. The summed E-state index contributed by atoms with van der Waals surface area (Å²) in [6.45, 7) is 7.30. The quantitative estimate of drug-likeness (QED) is 0.202. The van der Waals surface area contributed by atoms with Crippen LogP contribution in [0.1, 0.15) is 27.7 Å². The zero-order valence-corrected chi connectivity index (χ0v) is 23.7. The molecule has 0 heterocycles. The minimum Gasteiger partial charge on any atom is -0.322 e. The van der Waals surface area contributed by atoms with Crippen molar-refractivity contribution in [3.8, 4) is 0 Å². The Morgan fingerprint density at radius 3 is 1.29 bits per heavy atom. The summed E-state index contributed by atoms with van der Waals surface area (Å²) in [6.07, 6.45) is 2.83. The summed E-state index contributed by atoms with van der Waals surface area (Å²) in [5.74, 6) is 0.400. The van der Waals surface area contributed by atoms with E-state index in [-0.39, 0.29) is 23.6 Å². The molecule has 0 bridgehead atoms. The Morgan fingerprint density at radius 1 is 0.632 bits per heavy atom. The molecule has 0 unspecified atom stereocenters. The van der Waals surface area contributed by atoms with Gasteiger partial charge in [-0.1, -0.05) is 58.0 Å². The van der Waals surface area contributed by atoms with Gasteiger partial charge >= 0.3 is 0 Å². The lowest BCUT2D eigenvalue weighted by Crippen LogP contribution is -2.30. The van der Waals surface area contributed by atoms with E-state index in [4.69, 9.17) is 0 Å². The molecule has 2 rings (SSSR count). The summed E-state index contributed by atoms with van der Waals surface area (Å²) in [5, 5.41) is 5.56.